The minimum atomic E-state index is 0.238. The molecule has 0 radical (unpaired) electrons. The Labute approximate surface area is 90.7 Å². The lowest BCUT2D eigenvalue weighted by Gasteiger charge is -2.24. The maximum absolute atomic E-state index is 11.4. The highest BCUT2D eigenvalue weighted by Crippen LogP contribution is 2.24. The van der Waals surface area contributed by atoms with Crippen molar-refractivity contribution < 1.29 is 4.79 Å². The van der Waals surface area contributed by atoms with E-state index in [1.54, 1.807) is 0 Å². The van der Waals surface area contributed by atoms with E-state index < -0.39 is 0 Å². The molecule has 0 aliphatic carbocycles. The minimum absolute atomic E-state index is 0.238. The zero-order chi connectivity index (χ0) is 10.7. The van der Waals surface area contributed by atoms with Crippen molar-refractivity contribution in [1.82, 2.24) is 5.32 Å². The number of hydrogen-bond donors (Lipinski definition) is 1. The lowest BCUT2D eigenvalue weighted by molar-refractivity contribution is -0.120. The maximum Gasteiger partial charge on any atom is 0.136 e. The van der Waals surface area contributed by atoms with Crippen molar-refractivity contribution in [2.45, 2.75) is 32.2 Å². The van der Waals surface area contributed by atoms with Crippen LogP contribution in [0, 0.1) is 0 Å². The molecule has 1 aromatic carbocycles. The normalized spacial score (nSPS) is 21.7. The Morgan fingerprint density at radius 3 is 2.93 bits per heavy atom. The van der Waals surface area contributed by atoms with Gasteiger partial charge in [-0.3, -0.25) is 4.79 Å². The molecule has 0 amide bonds. The van der Waals surface area contributed by atoms with Crippen LogP contribution in [0.15, 0.2) is 24.3 Å². The molecule has 0 aromatic heterocycles. The summed E-state index contributed by atoms with van der Waals surface area (Å²) in [6, 6.07) is 8.63. The van der Waals surface area contributed by atoms with Gasteiger partial charge in [0, 0.05) is 25.4 Å². The van der Waals surface area contributed by atoms with Crippen LogP contribution in [-0.4, -0.2) is 12.3 Å². The zero-order valence-electron chi connectivity index (χ0n) is 9.12. The molecule has 1 aliphatic heterocycles. The van der Waals surface area contributed by atoms with E-state index in [0.717, 1.165) is 13.0 Å². The fourth-order valence-corrected chi connectivity index (χ4v) is 2.20. The van der Waals surface area contributed by atoms with Crippen molar-refractivity contribution in [1.29, 1.82) is 0 Å². The molecule has 1 heterocycles. The van der Waals surface area contributed by atoms with Crippen LogP contribution in [0.1, 0.15) is 36.9 Å². The molecule has 1 atom stereocenters. The van der Waals surface area contributed by atoms with Crippen LogP contribution in [-0.2, 0) is 11.2 Å². The summed E-state index contributed by atoms with van der Waals surface area (Å²) in [6.07, 6.45) is 2.37. The molecule has 0 bridgehead atoms. The highest BCUT2D eigenvalue weighted by atomic mass is 16.1. The molecular weight excluding hydrogens is 186 g/mol. The third kappa shape index (κ3) is 2.26. The quantitative estimate of drug-likeness (QED) is 0.798. The third-order valence-electron chi connectivity index (χ3n) is 3.04. The second kappa shape index (κ2) is 4.58. The van der Waals surface area contributed by atoms with Gasteiger partial charge in [-0.2, -0.15) is 0 Å². The van der Waals surface area contributed by atoms with Gasteiger partial charge < -0.3 is 5.32 Å². The molecule has 80 valence electrons. The van der Waals surface area contributed by atoms with Crippen molar-refractivity contribution in [3.05, 3.63) is 35.4 Å². The Bertz CT molecular complexity index is 359. The summed E-state index contributed by atoms with van der Waals surface area (Å²) in [5, 5.41) is 3.42. The van der Waals surface area contributed by atoms with E-state index in [9.17, 15) is 4.79 Å². The number of carbonyl (C=O) groups is 1. The topological polar surface area (TPSA) is 29.1 Å². The van der Waals surface area contributed by atoms with E-state index in [1.165, 1.54) is 11.1 Å². The largest absolute Gasteiger partial charge is 0.309 e. The second-order valence-corrected chi connectivity index (χ2v) is 4.05. The Balaban J connectivity index is 2.24. The van der Waals surface area contributed by atoms with Gasteiger partial charge in [0.25, 0.3) is 0 Å². The standard InChI is InChI=1S/C13H17NO/c1-2-10-5-3-4-6-12(10)13-9-11(15)7-8-14-13/h3-6,13-14H,2,7-9H2,1H3. The first-order valence-electron chi connectivity index (χ1n) is 5.64. The zero-order valence-corrected chi connectivity index (χ0v) is 9.12. The first-order valence-corrected chi connectivity index (χ1v) is 5.64. The molecule has 2 rings (SSSR count). The molecule has 1 fully saturated rings. The van der Waals surface area contributed by atoms with E-state index in [4.69, 9.17) is 0 Å². The first-order chi connectivity index (χ1) is 7.31. The summed E-state index contributed by atoms with van der Waals surface area (Å²) >= 11 is 0. The highest BCUT2D eigenvalue weighted by molar-refractivity contribution is 5.80. The highest BCUT2D eigenvalue weighted by Gasteiger charge is 2.21. The van der Waals surface area contributed by atoms with E-state index in [1.807, 2.05) is 0 Å². The predicted molar refractivity (Wildman–Crippen MR) is 60.8 cm³/mol. The number of benzene rings is 1. The van der Waals surface area contributed by atoms with Gasteiger partial charge in [-0.1, -0.05) is 31.2 Å². The number of ketones is 1. The number of Topliss-reactive ketones (excluding diaryl/α,β-unsaturated/α-hetero) is 1. The molecule has 15 heavy (non-hydrogen) atoms. The SMILES string of the molecule is CCc1ccccc1C1CC(=O)CCN1. The average Bonchev–Trinajstić information content (AvgIpc) is 2.29. The summed E-state index contributed by atoms with van der Waals surface area (Å²) in [7, 11) is 0. The average molecular weight is 203 g/mol. The fraction of sp³-hybridized carbons (Fsp3) is 0.462. The Hall–Kier alpha value is -1.15. The molecule has 2 nitrogen and oxygen atoms in total. The number of aryl methyl sites for hydroxylation is 1. The van der Waals surface area contributed by atoms with E-state index >= 15 is 0 Å². The van der Waals surface area contributed by atoms with Crippen LogP contribution in [0.25, 0.3) is 0 Å². The van der Waals surface area contributed by atoms with E-state index in [-0.39, 0.29) is 6.04 Å². The van der Waals surface area contributed by atoms with Crippen molar-refractivity contribution in [3.8, 4) is 0 Å². The number of carbonyl (C=O) groups excluding carboxylic acids is 1. The smallest absolute Gasteiger partial charge is 0.136 e. The van der Waals surface area contributed by atoms with Crippen LogP contribution >= 0.6 is 0 Å². The summed E-state index contributed by atoms with van der Waals surface area (Å²) in [5.41, 5.74) is 2.65. The molecule has 1 saturated heterocycles. The van der Waals surface area contributed by atoms with Gasteiger partial charge in [-0.15, -0.1) is 0 Å². The Morgan fingerprint density at radius 2 is 2.20 bits per heavy atom. The van der Waals surface area contributed by atoms with Crippen LogP contribution in [0.2, 0.25) is 0 Å². The van der Waals surface area contributed by atoms with Crippen molar-refractivity contribution in [3.63, 3.8) is 0 Å². The van der Waals surface area contributed by atoms with Crippen LogP contribution in [0.4, 0.5) is 0 Å². The molecule has 1 unspecified atom stereocenters. The first kappa shape index (κ1) is 10.4. The van der Waals surface area contributed by atoms with Gasteiger partial charge in [0.05, 0.1) is 0 Å². The maximum atomic E-state index is 11.4. The number of piperidine rings is 1. The minimum Gasteiger partial charge on any atom is -0.309 e. The van der Waals surface area contributed by atoms with Crippen molar-refractivity contribution in [2.24, 2.45) is 0 Å². The fourth-order valence-electron chi connectivity index (χ4n) is 2.20. The summed E-state index contributed by atoms with van der Waals surface area (Å²) in [5.74, 6) is 0.379. The van der Waals surface area contributed by atoms with Gasteiger partial charge in [0.1, 0.15) is 5.78 Å². The Kier molecular flexibility index (Phi) is 3.17. The van der Waals surface area contributed by atoms with Gasteiger partial charge in [-0.05, 0) is 17.5 Å². The molecule has 0 spiro atoms. The number of hydrogen-bond acceptors (Lipinski definition) is 2. The molecule has 1 aromatic rings. The lowest BCUT2D eigenvalue weighted by Crippen LogP contribution is -2.32. The van der Waals surface area contributed by atoms with Crippen LogP contribution in [0.5, 0.6) is 0 Å². The summed E-state index contributed by atoms with van der Waals surface area (Å²) in [6.45, 7) is 2.98. The molecular formula is C13H17NO. The van der Waals surface area contributed by atoms with E-state index in [2.05, 4.69) is 36.5 Å². The number of rotatable bonds is 2. The van der Waals surface area contributed by atoms with E-state index in [0.29, 0.717) is 18.6 Å². The lowest BCUT2D eigenvalue weighted by atomic mass is 9.92. The molecule has 2 heteroatoms. The van der Waals surface area contributed by atoms with Crippen LogP contribution < -0.4 is 5.32 Å². The predicted octanol–water partition coefficient (Wildman–Crippen LogP) is 2.24. The van der Waals surface area contributed by atoms with Gasteiger partial charge >= 0.3 is 0 Å². The molecule has 1 aliphatic rings. The summed E-state index contributed by atoms with van der Waals surface area (Å²) < 4.78 is 0. The van der Waals surface area contributed by atoms with Crippen molar-refractivity contribution >= 4 is 5.78 Å². The Morgan fingerprint density at radius 1 is 1.40 bits per heavy atom. The second-order valence-electron chi connectivity index (χ2n) is 4.05. The van der Waals surface area contributed by atoms with Crippen LogP contribution in [0.3, 0.4) is 0 Å². The number of nitrogens with one attached hydrogen (secondary N) is 1. The third-order valence-corrected chi connectivity index (χ3v) is 3.04. The van der Waals surface area contributed by atoms with Gasteiger partial charge in [-0.25, -0.2) is 0 Å². The van der Waals surface area contributed by atoms with Gasteiger partial charge in [0.2, 0.25) is 0 Å². The van der Waals surface area contributed by atoms with Crippen molar-refractivity contribution in [2.75, 3.05) is 6.54 Å². The summed E-state index contributed by atoms with van der Waals surface area (Å²) in [4.78, 5) is 11.4. The molecule has 1 N–H and O–H groups in total. The van der Waals surface area contributed by atoms with Gasteiger partial charge in [0.15, 0.2) is 0 Å². The molecule has 0 saturated carbocycles. The monoisotopic (exact) mass is 203 g/mol.